The molecular weight excluding hydrogens is 192 g/mol. The second-order valence-electron chi connectivity index (χ2n) is 3.95. The number of hydrogen-bond acceptors (Lipinski definition) is 4. The average molecular weight is 207 g/mol. The summed E-state index contributed by atoms with van der Waals surface area (Å²) in [6.07, 6.45) is 1.66. The van der Waals surface area contributed by atoms with Crippen molar-refractivity contribution in [2.24, 2.45) is 11.5 Å². The summed E-state index contributed by atoms with van der Waals surface area (Å²) >= 11 is 0. The molecule has 0 amide bonds. The highest BCUT2D eigenvalue weighted by Crippen LogP contribution is 2.18. The molecule has 0 heterocycles. The first-order valence-corrected chi connectivity index (χ1v) is 4.62. The van der Waals surface area contributed by atoms with Gasteiger partial charge in [-0.1, -0.05) is 30.3 Å². The van der Waals surface area contributed by atoms with E-state index in [2.05, 4.69) is 0 Å². The Kier molecular flexibility index (Phi) is 3.24. The number of nitrogens with two attached hydrogens (primary N) is 2. The molecule has 81 valence electrons. The van der Waals surface area contributed by atoms with E-state index in [1.54, 1.807) is 0 Å². The molecule has 4 nitrogen and oxygen atoms in total. The number of aliphatic hydroxyl groups is 1. The fraction of sp³-hybridized carbons (Fsp3) is 0.364. The topological polar surface area (TPSA) is 89.3 Å². The third kappa shape index (κ3) is 2.62. The monoisotopic (exact) mass is 207 g/mol. The summed E-state index contributed by atoms with van der Waals surface area (Å²) in [6.45, 7) is 1.52. The summed E-state index contributed by atoms with van der Waals surface area (Å²) in [5.74, 6) is 0. The molecule has 0 aliphatic heterocycles. The highest BCUT2D eigenvalue weighted by molar-refractivity contribution is 5.64. The van der Waals surface area contributed by atoms with E-state index in [1.807, 2.05) is 30.3 Å². The van der Waals surface area contributed by atoms with Gasteiger partial charge in [0, 0.05) is 0 Å². The molecule has 0 saturated carbocycles. The highest BCUT2D eigenvalue weighted by atomic mass is 16.3. The first kappa shape index (κ1) is 11.8. The molecule has 0 bridgehead atoms. The van der Waals surface area contributed by atoms with Gasteiger partial charge in [-0.15, -0.1) is 0 Å². The summed E-state index contributed by atoms with van der Waals surface area (Å²) in [6, 6.07) is 9.28. The number of rotatable bonds is 4. The molecule has 1 aromatic rings. The third-order valence-corrected chi connectivity index (χ3v) is 2.44. The van der Waals surface area contributed by atoms with Crippen LogP contribution in [-0.2, 0) is 11.2 Å². The van der Waals surface area contributed by atoms with Crippen LogP contribution in [0.1, 0.15) is 12.5 Å². The normalized spacial score (nSPS) is 18.9. The van der Waals surface area contributed by atoms with Gasteiger partial charge in [0.25, 0.3) is 6.29 Å². The summed E-state index contributed by atoms with van der Waals surface area (Å²) in [5, 5.41) is 9.54. The van der Waals surface area contributed by atoms with E-state index in [0.717, 1.165) is 5.56 Å². The van der Waals surface area contributed by atoms with Crippen LogP contribution in [0.2, 0.25) is 0 Å². The van der Waals surface area contributed by atoms with Crippen LogP contribution in [0.5, 0.6) is 0 Å². The Hall–Kier alpha value is -1.23. The van der Waals surface area contributed by atoms with E-state index < -0.39 is 11.3 Å². The Morgan fingerprint density at radius 1 is 1.33 bits per heavy atom. The molecule has 0 aliphatic carbocycles. The van der Waals surface area contributed by atoms with E-state index in [4.69, 9.17) is 11.5 Å². The highest BCUT2D eigenvalue weighted by Gasteiger charge is 2.41. The van der Waals surface area contributed by atoms with E-state index >= 15 is 0 Å². The van der Waals surface area contributed by atoms with Crippen LogP contribution >= 0.6 is 0 Å². The Morgan fingerprint density at radius 2 is 1.87 bits per heavy atom. The van der Waals surface area contributed by atoms with Gasteiger partial charge in [-0.2, -0.15) is 0 Å². The molecule has 15 heavy (non-hydrogen) atoms. The lowest BCUT2D eigenvalue weighted by atomic mass is 9.84. The summed E-state index contributed by atoms with van der Waals surface area (Å²) in [5.41, 5.74) is 8.68. The van der Waals surface area contributed by atoms with Gasteiger partial charge in [0.2, 0.25) is 0 Å². The first-order valence-electron chi connectivity index (χ1n) is 4.62. The van der Waals surface area contributed by atoms with Crippen molar-refractivity contribution in [3.8, 4) is 0 Å². The Bertz CT molecular complexity index is 334. The fourth-order valence-corrected chi connectivity index (χ4v) is 1.27. The zero-order chi connectivity index (χ0) is 11.5. The Labute approximate surface area is 88.9 Å². The Morgan fingerprint density at radius 3 is 2.33 bits per heavy atom. The molecule has 1 rings (SSSR count). The van der Waals surface area contributed by atoms with Crippen LogP contribution < -0.4 is 11.5 Å². The van der Waals surface area contributed by atoms with Crippen LogP contribution in [0.3, 0.4) is 0 Å². The van der Waals surface area contributed by atoms with Crippen LogP contribution in [0.4, 0.5) is 0 Å². The summed E-state index contributed by atoms with van der Waals surface area (Å²) in [7, 11) is 0. The van der Waals surface area contributed by atoms with Crippen LogP contribution in [0, 0.1) is 0 Å². The summed E-state index contributed by atoms with van der Waals surface area (Å²) < 4.78 is 0. The molecule has 0 fully saturated rings. The third-order valence-electron chi connectivity index (χ3n) is 2.44. The van der Waals surface area contributed by atoms with Crippen molar-refractivity contribution in [2.45, 2.75) is 24.6 Å². The van der Waals surface area contributed by atoms with Gasteiger partial charge in [0.15, 0.2) is 5.72 Å². The SMILES string of the molecule is CC(N)(Cc1ccccc1)[C@@](N)(O)[C]=O. The van der Waals surface area contributed by atoms with Crippen molar-refractivity contribution in [3.05, 3.63) is 35.9 Å². The molecule has 0 aliphatic rings. The van der Waals surface area contributed by atoms with Gasteiger partial charge in [-0.3, -0.25) is 10.5 Å². The average Bonchev–Trinajstić information content (AvgIpc) is 2.18. The van der Waals surface area contributed by atoms with Crippen LogP contribution in [-0.4, -0.2) is 22.7 Å². The largest absolute Gasteiger partial charge is 0.367 e. The molecule has 5 N–H and O–H groups in total. The predicted molar refractivity (Wildman–Crippen MR) is 57.6 cm³/mol. The molecule has 4 heteroatoms. The molecule has 0 saturated heterocycles. The smallest absolute Gasteiger partial charge is 0.251 e. The van der Waals surface area contributed by atoms with Crippen molar-refractivity contribution in [3.63, 3.8) is 0 Å². The van der Waals surface area contributed by atoms with E-state index in [1.165, 1.54) is 13.2 Å². The minimum Gasteiger partial charge on any atom is -0.367 e. The minimum absolute atomic E-state index is 0.302. The maximum absolute atomic E-state index is 10.5. The van der Waals surface area contributed by atoms with E-state index in [9.17, 15) is 9.90 Å². The molecule has 2 atom stereocenters. The maximum atomic E-state index is 10.5. The second kappa shape index (κ2) is 4.10. The summed E-state index contributed by atoms with van der Waals surface area (Å²) in [4.78, 5) is 10.5. The minimum atomic E-state index is -2.14. The maximum Gasteiger partial charge on any atom is 0.251 e. The van der Waals surface area contributed by atoms with Crippen molar-refractivity contribution in [1.29, 1.82) is 0 Å². The quantitative estimate of drug-likeness (QED) is 0.591. The molecule has 1 radical (unpaired) electrons. The van der Waals surface area contributed by atoms with Gasteiger partial charge in [-0.05, 0) is 18.9 Å². The van der Waals surface area contributed by atoms with Crippen molar-refractivity contribution < 1.29 is 9.90 Å². The standard InChI is InChI=1S/C11H15N2O2/c1-10(12,11(13,15)8-14)7-9-5-3-2-4-6-9/h2-6,15H,7,12-13H2,1H3/t10?,11-/m0/s1. The van der Waals surface area contributed by atoms with Gasteiger partial charge in [0.1, 0.15) is 0 Å². The number of benzene rings is 1. The molecule has 1 aromatic carbocycles. The molecule has 1 unspecified atom stereocenters. The van der Waals surface area contributed by atoms with Gasteiger partial charge < -0.3 is 10.8 Å². The van der Waals surface area contributed by atoms with Gasteiger partial charge >= 0.3 is 0 Å². The first-order chi connectivity index (χ1) is 6.89. The fourth-order valence-electron chi connectivity index (χ4n) is 1.27. The zero-order valence-electron chi connectivity index (χ0n) is 8.60. The molecular formula is C11H15N2O2. The van der Waals surface area contributed by atoms with Crippen LogP contribution in [0.15, 0.2) is 30.3 Å². The Balaban J connectivity index is 2.86. The number of carbonyl (C=O) groups excluding carboxylic acids is 1. The van der Waals surface area contributed by atoms with Crippen molar-refractivity contribution in [1.82, 2.24) is 0 Å². The predicted octanol–water partition coefficient (Wildman–Crippen LogP) is -0.296. The lowest BCUT2D eigenvalue weighted by Gasteiger charge is -2.34. The van der Waals surface area contributed by atoms with Gasteiger partial charge in [-0.25, -0.2) is 0 Å². The van der Waals surface area contributed by atoms with E-state index in [-0.39, 0.29) is 0 Å². The van der Waals surface area contributed by atoms with Crippen molar-refractivity contribution >= 4 is 6.29 Å². The van der Waals surface area contributed by atoms with E-state index in [0.29, 0.717) is 6.42 Å². The lowest BCUT2D eigenvalue weighted by Crippen LogP contribution is -2.66. The lowest BCUT2D eigenvalue weighted by molar-refractivity contribution is 0.0391. The zero-order valence-corrected chi connectivity index (χ0v) is 8.60. The second-order valence-corrected chi connectivity index (χ2v) is 3.95. The van der Waals surface area contributed by atoms with Crippen LogP contribution in [0.25, 0.3) is 0 Å². The van der Waals surface area contributed by atoms with Gasteiger partial charge in [0.05, 0.1) is 5.54 Å². The molecule has 0 spiro atoms. The molecule has 0 aromatic heterocycles. The van der Waals surface area contributed by atoms with Crippen molar-refractivity contribution in [2.75, 3.05) is 0 Å². The number of hydrogen-bond donors (Lipinski definition) is 3.